The molecule has 0 amide bonds. The molecule has 0 aliphatic heterocycles. The molecule has 19 heavy (non-hydrogen) atoms. The quantitative estimate of drug-likeness (QED) is 0.563. The topological polar surface area (TPSA) is 75.4 Å². The van der Waals surface area contributed by atoms with Crippen molar-refractivity contribution < 1.29 is 10.0 Å². The molecule has 5 nitrogen and oxygen atoms in total. The van der Waals surface area contributed by atoms with E-state index in [1.54, 1.807) is 23.9 Å². The summed E-state index contributed by atoms with van der Waals surface area (Å²) in [5.41, 5.74) is 0.900. The Bertz CT molecular complexity index is 411. The molecule has 106 valence electrons. The first kappa shape index (κ1) is 15.9. The first-order chi connectivity index (χ1) is 9.10. The zero-order valence-corrected chi connectivity index (χ0v) is 12.0. The number of para-hydroxylation sites is 1. The highest BCUT2D eigenvalue weighted by atomic mass is 32.2. The number of nitrogens with one attached hydrogen (secondary N) is 1. The number of benzene rings is 1. The molecule has 2 unspecified atom stereocenters. The monoisotopic (exact) mass is 284 g/mol. The third-order valence-corrected chi connectivity index (χ3v) is 4.25. The van der Waals surface area contributed by atoms with Gasteiger partial charge >= 0.3 is 0 Å². The molecule has 0 aliphatic rings. The second-order valence-corrected chi connectivity index (χ2v) is 5.41. The van der Waals surface area contributed by atoms with Crippen LogP contribution in [0, 0.1) is 10.1 Å². The summed E-state index contributed by atoms with van der Waals surface area (Å²) < 4.78 is 0. The summed E-state index contributed by atoms with van der Waals surface area (Å²) >= 11 is 1.61. The molecule has 6 heteroatoms. The molecule has 0 aromatic heterocycles. The van der Waals surface area contributed by atoms with Crippen LogP contribution < -0.4 is 5.32 Å². The highest BCUT2D eigenvalue weighted by molar-refractivity contribution is 7.99. The molecule has 0 saturated heterocycles. The molecule has 1 aromatic rings. The van der Waals surface area contributed by atoms with E-state index in [0.29, 0.717) is 13.0 Å². The van der Waals surface area contributed by atoms with Gasteiger partial charge in [-0.15, -0.1) is 0 Å². The molecule has 0 heterocycles. The van der Waals surface area contributed by atoms with E-state index < -0.39 is 0 Å². The fraction of sp³-hybridized carbons (Fsp3) is 0.538. The average Bonchev–Trinajstić information content (AvgIpc) is 2.40. The number of aliphatic hydroxyl groups excluding tert-OH is 1. The van der Waals surface area contributed by atoms with Crippen LogP contribution in [0.5, 0.6) is 0 Å². The molecule has 0 fully saturated rings. The molecular formula is C13H20N2O3S. The summed E-state index contributed by atoms with van der Waals surface area (Å²) in [6.45, 7) is 2.79. The van der Waals surface area contributed by atoms with Gasteiger partial charge < -0.3 is 10.4 Å². The van der Waals surface area contributed by atoms with E-state index in [9.17, 15) is 15.2 Å². The van der Waals surface area contributed by atoms with E-state index in [0.717, 1.165) is 5.56 Å². The van der Waals surface area contributed by atoms with Crippen molar-refractivity contribution in [3.63, 3.8) is 0 Å². The molecule has 2 atom stereocenters. The zero-order valence-electron chi connectivity index (χ0n) is 11.2. The standard InChI is InChI=1S/C13H20N2O3S/c1-10(13(9-16)19-2)14-8-7-11-5-3-4-6-12(11)15(17)18/h3-6,10,13-14,16H,7-9H2,1-2H3. The predicted octanol–water partition coefficient (Wildman–Crippen LogP) is 1.84. The van der Waals surface area contributed by atoms with E-state index in [1.807, 2.05) is 19.2 Å². The number of hydrogen-bond donors (Lipinski definition) is 2. The van der Waals surface area contributed by atoms with E-state index in [2.05, 4.69) is 5.32 Å². The minimum Gasteiger partial charge on any atom is -0.395 e. The van der Waals surface area contributed by atoms with Crippen molar-refractivity contribution >= 4 is 17.4 Å². The zero-order chi connectivity index (χ0) is 14.3. The Hall–Kier alpha value is -1.11. The number of nitrogens with zero attached hydrogens (tertiary/aromatic N) is 1. The van der Waals surface area contributed by atoms with E-state index in [-0.39, 0.29) is 28.5 Å². The minimum absolute atomic E-state index is 0.126. The van der Waals surface area contributed by atoms with E-state index in [1.165, 1.54) is 6.07 Å². The van der Waals surface area contributed by atoms with Crippen molar-refractivity contribution in [1.29, 1.82) is 0 Å². The van der Waals surface area contributed by atoms with Gasteiger partial charge in [-0.2, -0.15) is 11.8 Å². The van der Waals surface area contributed by atoms with Gasteiger partial charge in [0.25, 0.3) is 5.69 Å². The van der Waals surface area contributed by atoms with Crippen molar-refractivity contribution in [2.75, 3.05) is 19.4 Å². The average molecular weight is 284 g/mol. The van der Waals surface area contributed by atoms with Crippen LogP contribution in [-0.4, -0.2) is 40.7 Å². The van der Waals surface area contributed by atoms with E-state index in [4.69, 9.17) is 0 Å². The number of aliphatic hydroxyl groups is 1. The maximum Gasteiger partial charge on any atom is 0.272 e. The van der Waals surface area contributed by atoms with Crippen LogP contribution in [0.15, 0.2) is 24.3 Å². The SMILES string of the molecule is CSC(CO)C(C)NCCc1ccccc1[N+](=O)[O-]. The molecule has 2 N–H and O–H groups in total. The van der Waals surface area contributed by atoms with Crippen LogP contribution in [0.2, 0.25) is 0 Å². The number of thioether (sulfide) groups is 1. The lowest BCUT2D eigenvalue weighted by atomic mass is 10.1. The largest absolute Gasteiger partial charge is 0.395 e. The molecule has 1 rings (SSSR count). The van der Waals surface area contributed by atoms with Crippen LogP contribution in [0.4, 0.5) is 5.69 Å². The second kappa shape index (κ2) is 8.14. The molecule has 0 saturated carbocycles. The van der Waals surface area contributed by atoms with Crippen molar-refractivity contribution in [3.05, 3.63) is 39.9 Å². The summed E-state index contributed by atoms with van der Waals surface area (Å²) in [5, 5.41) is 23.5. The summed E-state index contributed by atoms with van der Waals surface area (Å²) in [6.07, 6.45) is 2.56. The first-order valence-electron chi connectivity index (χ1n) is 6.19. The van der Waals surface area contributed by atoms with Gasteiger partial charge in [-0.1, -0.05) is 18.2 Å². The predicted molar refractivity (Wildman–Crippen MR) is 78.7 cm³/mol. The summed E-state index contributed by atoms with van der Waals surface area (Å²) in [7, 11) is 0. The Morgan fingerprint density at radius 1 is 1.47 bits per heavy atom. The second-order valence-electron chi connectivity index (χ2n) is 4.34. The molecule has 0 bridgehead atoms. The van der Waals surface area contributed by atoms with Gasteiger partial charge in [-0.3, -0.25) is 10.1 Å². The Morgan fingerprint density at radius 3 is 2.74 bits per heavy atom. The maximum absolute atomic E-state index is 10.9. The summed E-state index contributed by atoms with van der Waals surface area (Å²) in [6, 6.07) is 6.96. The number of rotatable bonds is 8. The fourth-order valence-corrected chi connectivity index (χ4v) is 2.56. The van der Waals surface area contributed by atoms with Crippen LogP contribution in [0.3, 0.4) is 0 Å². The van der Waals surface area contributed by atoms with Gasteiger partial charge in [0.05, 0.1) is 11.5 Å². The third-order valence-electron chi connectivity index (χ3n) is 3.09. The third kappa shape index (κ3) is 4.81. The normalized spacial score (nSPS) is 14.1. The van der Waals surface area contributed by atoms with Gasteiger partial charge in [0.1, 0.15) is 0 Å². The van der Waals surface area contributed by atoms with Crippen molar-refractivity contribution in [1.82, 2.24) is 5.32 Å². The molecule has 1 aromatic carbocycles. The van der Waals surface area contributed by atoms with Crippen LogP contribution in [0.25, 0.3) is 0 Å². The summed E-state index contributed by atoms with van der Waals surface area (Å²) in [5.74, 6) is 0. The van der Waals surface area contributed by atoms with Gasteiger partial charge in [-0.05, 0) is 26.1 Å². The maximum atomic E-state index is 10.9. The molecule has 0 radical (unpaired) electrons. The van der Waals surface area contributed by atoms with Gasteiger partial charge in [-0.25, -0.2) is 0 Å². The first-order valence-corrected chi connectivity index (χ1v) is 7.48. The van der Waals surface area contributed by atoms with Crippen LogP contribution >= 0.6 is 11.8 Å². The minimum atomic E-state index is -0.350. The number of hydrogen-bond acceptors (Lipinski definition) is 5. The van der Waals surface area contributed by atoms with Gasteiger partial charge in [0.15, 0.2) is 0 Å². The Morgan fingerprint density at radius 2 is 2.16 bits per heavy atom. The van der Waals surface area contributed by atoms with Gasteiger partial charge in [0.2, 0.25) is 0 Å². The Kier molecular flexibility index (Phi) is 6.83. The fourth-order valence-electron chi connectivity index (χ4n) is 1.90. The van der Waals surface area contributed by atoms with Gasteiger partial charge in [0, 0.05) is 22.9 Å². The lowest BCUT2D eigenvalue weighted by molar-refractivity contribution is -0.385. The highest BCUT2D eigenvalue weighted by Crippen LogP contribution is 2.18. The smallest absolute Gasteiger partial charge is 0.272 e. The molecule has 0 spiro atoms. The number of nitro groups is 1. The van der Waals surface area contributed by atoms with Crippen molar-refractivity contribution in [3.8, 4) is 0 Å². The van der Waals surface area contributed by atoms with E-state index >= 15 is 0 Å². The van der Waals surface area contributed by atoms with Crippen molar-refractivity contribution in [2.24, 2.45) is 0 Å². The number of nitro benzene ring substituents is 1. The lowest BCUT2D eigenvalue weighted by Crippen LogP contribution is -2.38. The summed E-state index contributed by atoms with van der Waals surface area (Å²) in [4.78, 5) is 10.5. The molecule has 0 aliphatic carbocycles. The molecular weight excluding hydrogens is 264 g/mol. The van der Waals surface area contributed by atoms with Crippen molar-refractivity contribution in [2.45, 2.75) is 24.6 Å². The Labute approximate surface area is 117 Å². The van der Waals surface area contributed by atoms with Crippen LogP contribution in [-0.2, 0) is 6.42 Å². The lowest BCUT2D eigenvalue weighted by Gasteiger charge is -2.21. The Balaban J connectivity index is 2.52. The van der Waals surface area contributed by atoms with Crippen LogP contribution in [0.1, 0.15) is 12.5 Å². The highest BCUT2D eigenvalue weighted by Gasteiger charge is 2.15.